The van der Waals surface area contributed by atoms with Crippen LogP contribution in [0, 0.1) is 11.3 Å². The molecule has 1 aliphatic heterocycles. The second-order valence-electron chi connectivity index (χ2n) is 8.25. The summed E-state index contributed by atoms with van der Waals surface area (Å²) in [5, 5.41) is 15.8. The number of halogens is 3. The highest BCUT2D eigenvalue weighted by Gasteiger charge is 2.40. The van der Waals surface area contributed by atoms with Crippen molar-refractivity contribution in [3.05, 3.63) is 86.5 Å². The maximum absolute atomic E-state index is 13.4. The molecule has 0 saturated heterocycles. The smallest absolute Gasteiger partial charge is 0.416 e. The number of alkyl halides is 3. The van der Waals surface area contributed by atoms with Crippen LogP contribution in [0.25, 0.3) is 0 Å². The molecule has 0 amide bonds. The highest BCUT2D eigenvalue weighted by molar-refractivity contribution is 5.93. The lowest BCUT2D eigenvalue weighted by atomic mass is 9.88. The topological polar surface area (TPSA) is 104 Å². The van der Waals surface area contributed by atoms with Crippen molar-refractivity contribution in [2.45, 2.75) is 38.9 Å². The van der Waals surface area contributed by atoms with Crippen LogP contribution in [0.4, 0.5) is 24.8 Å². The van der Waals surface area contributed by atoms with E-state index in [1.165, 1.54) is 28.7 Å². The van der Waals surface area contributed by atoms with E-state index in [4.69, 9.17) is 4.74 Å². The van der Waals surface area contributed by atoms with Gasteiger partial charge in [0.25, 0.3) is 0 Å². The average Bonchev–Trinajstić information content (AvgIpc) is 3.23. The van der Waals surface area contributed by atoms with E-state index in [9.17, 15) is 28.0 Å². The van der Waals surface area contributed by atoms with Crippen LogP contribution in [0.15, 0.2) is 58.5 Å². The number of ether oxygens (including phenoxy) is 1. The molecule has 186 valence electrons. The Morgan fingerprint density at radius 1 is 1.25 bits per heavy atom. The third-order valence-corrected chi connectivity index (χ3v) is 6.07. The molecule has 0 radical (unpaired) electrons. The van der Waals surface area contributed by atoms with Crippen LogP contribution in [-0.2, 0) is 22.1 Å². The van der Waals surface area contributed by atoms with Crippen molar-refractivity contribution in [3.8, 4) is 6.07 Å². The minimum Gasteiger partial charge on any atom is -0.466 e. The largest absolute Gasteiger partial charge is 0.466 e. The number of aromatic nitrogens is 3. The molecule has 1 atom stereocenters. The Bertz CT molecular complexity index is 1460. The van der Waals surface area contributed by atoms with Crippen molar-refractivity contribution in [1.29, 1.82) is 5.26 Å². The molecule has 4 rings (SSSR count). The molecule has 0 bridgehead atoms. The first kappa shape index (κ1) is 24.8. The van der Waals surface area contributed by atoms with Crippen LogP contribution < -0.4 is 10.6 Å². The van der Waals surface area contributed by atoms with Crippen molar-refractivity contribution in [3.63, 3.8) is 0 Å². The number of anilines is 2. The van der Waals surface area contributed by atoms with Crippen molar-refractivity contribution >= 4 is 17.6 Å². The number of carbonyl (C=O) groups is 1. The molecule has 0 aliphatic carbocycles. The Hall–Kier alpha value is -4.33. The van der Waals surface area contributed by atoms with E-state index in [2.05, 4.69) is 16.3 Å². The summed E-state index contributed by atoms with van der Waals surface area (Å²) in [6.07, 6.45) is -3.30. The SMILES string of the molecule is CCCc1cc(C#N)ccc1[C@@H]1C(C(=O)OC)=C(C)N(c2cccc(C(F)(F)F)c2)c2n[nH]c(=O)n21. The lowest BCUT2D eigenvalue weighted by Gasteiger charge is -2.36. The quantitative estimate of drug-likeness (QED) is 0.517. The number of hydrogen-bond donors (Lipinski definition) is 1. The van der Waals surface area contributed by atoms with Gasteiger partial charge in [-0.05, 0) is 54.8 Å². The molecule has 1 aliphatic rings. The Kier molecular flexibility index (Phi) is 6.45. The molecule has 0 unspecified atom stereocenters. The molecule has 36 heavy (non-hydrogen) atoms. The molecule has 0 spiro atoms. The first-order chi connectivity index (χ1) is 17.1. The fourth-order valence-corrected chi connectivity index (χ4v) is 4.51. The fourth-order valence-electron chi connectivity index (χ4n) is 4.51. The van der Waals surface area contributed by atoms with Crippen LogP contribution in [0.5, 0.6) is 0 Å². The Balaban J connectivity index is 2.03. The number of allylic oxidation sites excluding steroid dienone is 1. The zero-order valence-corrected chi connectivity index (χ0v) is 19.7. The van der Waals surface area contributed by atoms with Gasteiger partial charge in [0.1, 0.15) is 6.04 Å². The minimum atomic E-state index is -4.60. The number of H-pyrrole nitrogens is 1. The minimum absolute atomic E-state index is 0.0151. The van der Waals surface area contributed by atoms with E-state index in [0.717, 1.165) is 24.1 Å². The van der Waals surface area contributed by atoms with Gasteiger partial charge in [0, 0.05) is 11.4 Å². The molecular weight excluding hydrogens is 475 g/mol. The summed E-state index contributed by atoms with van der Waals surface area (Å²) in [4.78, 5) is 27.4. The Labute approximate surface area is 204 Å². The number of methoxy groups -OCH3 is 1. The van der Waals surface area contributed by atoms with Gasteiger partial charge in [0.15, 0.2) is 0 Å². The second kappa shape index (κ2) is 9.37. The molecule has 0 saturated carbocycles. The highest BCUT2D eigenvalue weighted by Crippen LogP contribution is 2.43. The number of aryl methyl sites for hydroxylation is 1. The molecule has 1 N–H and O–H groups in total. The number of fused-ring (bicyclic) bond motifs is 1. The van der Waals surface area contributed by atoms with Crippen LogP contribution in [0.2, 0.25) is 0 Å². The van der Waals surface area contributed by atoms with E-state index in [1.54, 1.807) is 25.1 Å². The molecule has 2 heterocycles. The third kappa shape index (κ3) is 4.15. The van der Waals surface area contributed by atoms with Crippen molar-refractivity contribution in [2.24, 2.45) is 0 Å². The number of nitriles is 1. The van der Waals surface area contributed by atoms with E-state index >= 15 is 0 Å². The summed E-state index contributed by atoms with van der Waals surface area (Å²) in [7, 11) is 1.19. The van der Waals surface area contributed by atoms with E-state index in [1.807, 2.05) is 6.92 Å². The van der Waals surface area contributed by atoms with Crippen LogP contribution in [0.1, 0.15) is 48.6 Å². The Morgan fingerprint density at radius 3 is 2.64 bits per heavy atom. The van der Waals surface area contributed by atoms with Gasteiger partial charge in [-0.15, -0.1) is 5.10 Å². The van der Waals surface area contributed by atoms with E-state index in [-0.39, 0.29) is 22.9 Å². The van der Waals surface area contributed by atoms with E-state index in [0.29, 0.717) is 17.5 Å². The molecule has 11 heteroatoms. The zero-order chi connectivity index (χ0) is 26.2. The number of esters is 1. The summed E-state index contributed by atoms with van der Waals surface area (Å²) in [5.41, 5.74) is 0.590. The van der Waals surface area contributed by atoms with Crippen LogP contribution in [0.3, 0.4) is 0 Å². The van der Waals surface area contributed by atoms with Gasteiger partial charge in [-0.3, -0.25) is 4.90 Å². The first-order valence-electron chi connectivity index (χ1n) is 11.1. The van der Waals surface area contributed by atoms with Crippen molar-refractivity contribution in [2.75, 3.05) is 12.0 Å². The zero-order valence-electron chi connectivity index (χ0n) is 19.7. The predicted octanol–water partition coefficient (Wildman–Crippen LogP) is 4.60. The summed E-state index contributed by atoms with van der Waals surface area (Å²) in [6, 6.07) is 10.6. The van der Waals surface area contributed by atoms with Gasteiger partial charge in [0.05, 0.1) is 29.9 Å². The number of nitrogens with zero attached hydrogens (tertiary/aromatic N) is 4. The van der Waals surface area contributed by atoms with Crippen LogP contribution >= 0.6 is 0 Å². The number of rotatable bonds is 5. The lowest BCUT2D eigenvalue weighted by Crippen LogP contribution is -2.38. The molecular formula is C25H22F3N5O3. The maximum atomic E-state index is 13.4. The van der Waals surface area contributed by atoms with Gasteiger partial charge in [-0.1, -0.05) is 25.5 Å². The van der Waals surface area contributed by atoms with E-state index < -0.39 is 29.4 Å². The normalized spacial score (nSPS) is 15.5. The van der Waals surface area contributed by atoms with Crippen LogP contribution in [-0.4, -0.2) is 27.8 Å². The number of nitrogens with one attached hydrogen (secondary N) is 1. The number of carbonyl (C=O) groups excluding carboxylic acids is 1. The summed E-state index contributed by atoms with van der Waals surface area (Å²) in [6.45, 7) is 3.52. The van der Waals surface area contributed by atoms with Crippen molar-refractivity contribution < 1.29 is 22.7 Å². The average molecular weight is 497 g/mol. The standard InChI is InChI=1S/C25H22F3N5O3/c1-4-6-16-11-15(13-29)9-10-19(16)21-20(22(34)36-3)14(2)32(23-30-31-24(35)33(21)23)18-8-5-7-17(12-18)25(26,27)28/h5,7-12,21H,4,6H2,1-3H3,(H,31,35)/t21-/m1/s1. The second-order valence-corrected chi connectivity index (χ2v) is 8.25. The highest BCUT2D eigenvalue weighted by atomic mass is 19.4. The van der Waals surface area contributed by atoms with Gasteiger partial charge in [0.2, 0.25) is 5.95 Å². The maximum Gasteiger partial charge on any atom is 0.416 e. The number of hydrogen-bond acceptors (Lipinski definition) is 6. The molecule has 8 nitrogen and oxygen atoms in total. The summed E-state index contributed by atoms with van der Waals surface area (Å²) < 4.78 is 46.6. The monoisotopic (exact) mass is 497 g/mol. The fraction of sp³-hybridized carbons (Fsp3) is 0.280. The third-order valence-electron chi connectivity index (χ3n) is 6.07. The molecule has 2 aromatic carbocycles. The van der Waals surface area contributed by atoms with Gasteiger partial charge in [-0.2, -0.15) is 18.4 Å². The lowest BCUT2D eigenvalue weighted by molar-refractivity contribution is -0.138. The van der Waals surface area contributed by atoms with Gasteiger partial charge >= 0.3 is 17.8 Å². The summed E-state index contributed by atoms with van der Waals surface area (Å²) >= 11 is 0. The van der Waals surface area contributed by atoms with Gasteiger partial charge < -0.3 is 4.74 Å². The number of aromatic amines is 1. The Morgan fingerprint density at radius 2 is 2.00 bits per heavy atom. The van der Waals surface area contributed by atoms with Crippen molar-refractivity contribution in [1.82, 2.24) is 14.8 Å². The van der Waals surface area contributed by atoms with Gasteiger partial charge in [-0.25, -0.2) is 19.3 Å². The number of benzene rings is 2. The first-order valence-corrected chi connectivity index (χ1v) is 11.1. The predicted molar refractivity (Wildman–Crippen MR) is 124 cm³/mol. The molecule has 3 aromatic rings. The molecule has 0 fully saturated rings. The summed E-state index contributed by atoms with van der Waals surface area (Å²) in [5.74, 6) is -0.735. The molecule has 1 aromatic heterocycles.